The Bertz CT molecular complexity index is 507. The molecular weight excluding hydrogens is 268 g/mol. The van der Waals surface area contributed by atoms with Crippen LogP contribution in [0.15, 0.2) is 12.1 Å². The fourth-order valence-corrected chi connectivity index (χ4v) is 1.15. The maximum atomic E-state index is 10.5. The van der Waals surface area contributed by atoms with Gasteiger partial charge in [0.25, 0.3) is 17.1 Å². The van der Waals surface area contributed by atoms with E-state index in [9.17, 15) is 30.3 Å². The largest absolute Gasteiger partial charge is 0.286 e. The maximum Gasteiger partial charge on any atom is 0.286 e. The Morgan fingerprint density at radius 2 is 1.26 bits per heavy atom. The third-order valence-electron chi connectivity index (χ3n) is 1.94. The summed E-state index contributed by atoms with van der Waals surface area (Å²) in [6, 6.07) is 1.39. The molecule has 0 unspecified atom stereocenters. The molecule has 12 nitrogen and oxygen atoms in total. The lowest BCUT2D eigenvalue weighted by atomic mass is 10.1. The first-order valence-electron chi connectivity index (χ1n) is 4.33. The molecular formula is C7H6N4O8. The minimum atomic E-state index is -0.917. The van der Waals surface area contributed by atoms with E-state index in [0.717, 1.165) is 0 Å². The molecule has 1 aromatic carbocycles. The molecule has 0 aliphatic rings. The number of rotatable bonds is 3. The Hall–Kier alpha value is -3.18. The summed E-state index contributed by atoms with van der Waals surface area (Å²) in [4.78, 5) is 36.9. The molecule has 0 bridgehead atoms. The van der Waals surface area contributed by atoms with Crippen molar-refractivity contribution < 1.29 is 20.1 Å². The van der Waals surface area contributed by atoms with Gasteiger partial charge in [-0.2, -0.15) is 0 Å². The van der Waals surface area contributed by atoms with E-state index >= 15 is 0 Å². The lowest BCUT2D eigenvalue weighted by Gasteiger charge is -1.99. The minimum absolute atomic E-state index is 0.208. The van der Waals surface area contributed by atoms with E-state index in [1.54, 1.807) is 0 Å². The summed E-state index contributed by atoms with van der Waals surface area (Å²) < 4.78 is 0. The summed E-state index contributed by atoms with van der Waals surface area (Å²) >= 11 is 0. The van der Waals surface area contributed by atoms with Crippen LogP contribution in [0.5, 0.6) is 0 Å². The number of nitro benzene ring substituents is 3. The monoisotopic (exact) mass is 274 g/mol. The number of nitrogens with one attached hydrogen (secondary N) is 1. The van der Waals surface area contributed by atoms with Crippen molar-refractivity contribution in [2.24, 2.45) is 0 Å². The Balaban J connectivity index is 0.000000982. The molecule has 12 heteroatoms. The van der Waals surface area contributed by atoms with Crippen LogP contribution >= 0.6 is 0 Å². The van der Waals surface area contributed by atoms with Gasteiger partial charge in [0.05, 0.1) is 26.9 Å². The minimum Gasteiger partial charge on any atom is -0.267 e. The van der Waals surface area contributed by atoms with Gasteiger partial charge in [-0.05, 0) is 6.92 Å². The molecule has 1 N–H and O–H groups in total. The lowest BCUT2D eigenvalue weighted by Crippen LogP contribution is -2.53. The molecule has 0 spiro atoms. The number of hydrogen-bond acceptors (Lipinski definition) is 8. The second kappa shape index (κ2) is 6.53. The van der Waals surface area contributed by atoms with Gasteiger partial charge in [-0.1, -0.05) is 0 Å². The van der Waals surface area contributed by atoms with Crippen LogP contribution in [0, 0.1) is 47.4 Å². The fraction of sp³-hybridized carbons (Fsp3) is 0.143. The highest BCUT2D eigenvalue weighted by molar-refractivity contribution is 5.59. The zero-order chi connectivity index (χ0) is 15.2. The fourth-order valence-electron chi connectivity index (χ4n) is 1.15. The number of nitro groups is 3. The summed E-state index contributed by atoms with van der Waals surface area (Å²) in [5.74, 6) is 0. The van der Waals surface area contributed by atoms with Crippen molar-refractivity contribution in [2.75, 3.05) is 0 Å². The molecule has 0 heterocycles. The van der Waals surface area contributed by atoms with Gasteiger partial charge in [0.2, 0.25) is 0 Å². The van der Waals surface area contributed by atoms with Gasteiger partial charge in [0.15, 0.2) is 0 Å². The predicted octanol–water partition coefficient (Wildman–Crippen LogP) is 0.0508. The standard InChI is InChI=1S/C7H5N3O6.HNO2/c1-4-6(9(13)14)2-5(8(11)12)3-7(4)10(15)16;2-1-3/h2-3H,1H3;1H. The molecule has 0 aromatic heterocycles. The van der Waals surface area contributed by atoms with E-state index < -0.39 is 31.8 Å². The average Bonchev–Trinajstić information content (AvgIpc) is 2.29. The van der Waals surface area contributed by atoms with Crippen molar-refractivity contribution in [2.45, 2.75) is 6.92 Å². The van der Waals surface area contributed by atoms with Crippen LogP contribution in [0.3, 0.4) is 0 Å². The Kier molecular flexibility index (Phi) is 5.44. The van der Waals surface area contributed by atoms with E-state index in [0.29, 0.717) is 12.1 Å². The van der Waals surface area contributed by atoms with Crippen molar-refractivity contribution >= 4 is 17.1 Å². The second-order valence-electron chi connectivity index (χ2n) is 2.96. The van der Waals surface area contributed by atoms with Gasteiger partial charge < -0.3 is 0 Å². The summed E-state index contributed by atoms with van der Waals surface area (Å²) in [5, 5.41) is 39.9. The van der Waals surface area contributed by atoms with Crippen LogP contribution < -0.4 is 5.34 Å². The Morgan fingerprint density at radius 3 is 1.47 bits per heavy atom. The molecule has 0 amide bonds. The van der Waals surface area contributed by atoms with E-state index in [2.05, 4.69) is 0 Å². The van der Waals surface area contributed by atoms with Crippen LogP contribution in [0.4, 0.5) is 17.1 Å². The number of benzene rings is 1. The van der Waals surface area contributed by atoms with E-state index in [1.165, 1.54) is 6.92 Å². The van der Waals surface area contributed by atoms with Crippen molar-refractivity contribution in [3.63, 3.8) is 0 Å². The van der Waals surface area contributed by atoms with Crippen molar-refractivity contribution in [3.8, 4) is 0 Å². The van der Waals surface area contributed by atoms with Crippen LogP contribution in [0.25, 0.3) is 0 Å². The summed E-state index contributed by atoms with van der Waals surface area (Å²) in [6.45, 7) is 1.17. The first kappa shape index (κ1) is 15.8. The van der Waals surface area contributed by atoms with Crippen LogP contribution in [-0.4, -0.2) is 14.8 Å². The van der Waals surface area contributed by atoms with Crippen LogP contribution in [-0.2, 0) is 0 Å². The topological polar surface area (TPSA) is 184 Å². The smallest absolute Gasteiger partial charge is 0.267 e. The SMILES string of the molecule is Cc1c([N+](=O)[O-])cc([N+](=O)[O-])cc1[N+](=O)[O-].O=[NH+][O-]. The summed E-state index contributed by atoms with van der Waals surface area (Å²) in [5.41, 5.74) is -2.16. The highest BCUT2D eigenvalue weighted by Gasteiger charge is 2.27. The van der Waals surface area contributed by atoms with Gasteiger partial charge in [0.1, 0.15) is 5.56 Å². The van der Waals surface area contributed by atoms with Crippen molar-refractivity contribution in [3.05, 3.63) is 58.2 Å². The molecule has 0 atom stereocenters. The molecule has 0 saturated carbocycles. The summed E-state index contributed by atoms with van der Waals surface area (Å²) in [7, 11) is 0. The molecule has 0 fully saturated rings. The molecule has 0 saturated heterocycles. The molecule has 1 aromatic rings. The predicted molar refractivity (Wildman–Crippen MR) is 58.8 cm³/mol. The number of non-ortho nitro benzene ring substituents is 1. The van der Waals surface area contributed by atoms with Crippen molar-refractivity contribution in [1.29, 1.82) is 0 Å². The highest BCUT2D eigenvalue weighted by atomic mass is 16.6. The third-order valence-corrected chi connectivity index (χ3v) is 1.94. The molecule has 102 valence electrons. The Morgan fingerprint density at radius 1 is 0.947 bits per heavy atom. The van der Waals surface area contributed by atoms with Gasteiger partial charge in [-0.15, -0.1) is 0 Å². The second-order valence-corrected chi connectivity index (χ2v) is 2.96. The van der Waals surface area contributed by atoms with Gasteiger partial charge in [-0.3, -0.25) is 40.5 Å². The molecule has 0 aliphatic heterocycles. The quantitative estimate of drug-likeness (QED) is 0.591. The third kappa shape index (κ3) is 3.95. The van der Waals surface area contributed by atoms with E-state index in [-0.39, 0.29) is 10.9 Å². The zero-order valence-electron chi connectivity index (χ0n) is 9.26. The first-order chi connectivity index (χ1) is 8.76. The van der Waals surface area contributed by atoms with E-state index in [4.69, 9.17) is 10.1 Å². The molecule has 1 rings (SSSR count). The van der Waals surface area contributed by atoms with Crippen LogP contribution in [0.2, 0.25) is 0 Å². The number of nitrogens with zero attached hydrogens (tertiary/aromatic N) is 3. The molecule has 19 heavy (non-hydrogen) atoms. The van der Waals surface area contributed by atoms with Crippen molar-refractivity contribution in [1.82, 2.24) is 0 Å². The number of hydrogen-bond donors (Lipinski definition) is 1. The molecule has 0 radical (unpaired) electrons. The lowest BCUT2D eigenvalue weighted by molar-refractivity contribution is -0.403. The first-order valence-corrected chi connectivity index (χ1v) is 4.33. The summed E-state index contributed by atoms with van der Waals surface area (Å²) in [6.07, 6.45) is 0. The van der Waals surface area contributed by atoms with Gasteiger partial charge >= 0.3 is 0 Å². The van der Waals surface area contributed by atoms with Gasteiger partial charge in [-0.25, -0.2) is 0 Å². The van der Waals surface area contributed by atoms with Gasteiger partial charge in [0, 0.05) is 5.34 Å². The maximum absolute atomic E-state index is 10.5. The zero-order valence-corrected chi connectivity index (χ0v) is 9.26. The van der Waals surface area contributed by atoms with Crippen LogP contribution in [0.1, 0.15) is 5.56 Å². The normalized spacial score (nSPS) is 8.89. The average molecular weight is 274 g/mol. The Labute approximate surface area is 103 Å². The highest BCUT2D eigenvalue weighted by Crippen LogP contribution is 2.32. The van der Waals surface area contributed by atoms with E-state index in [1.807, 2.05) is 0 Å². The molecule has 0 aliphatic carbocycles.